The number of ether oxygens (including phenoxy) is 2. The van der Waals surface area contributed by atoms with Crippen LogP contribution in [0.15, 0.2) is 72.8 Å². The van der Waals surface area contributed by atoms with Gasteiger partial charge >= 0.3 is 0 Å². The minimum atomic E-state index is 0.807. The third kappa shape index (κ3) is 6.04. The smallest absolute Gasteiger partial charge is 0.119 e. The molecule has 168 valence electrons. The highest BCUT2D eigenvalue weighted by Gasteiger charge is 2.14. The highest BCUT2D eigenvalue weighted by molar-refractivity contribution is 5.50. The van der Waals surface area contributed by atoms with E-state index in [1.807, 2.05) is 12.1 Å². The first kappa shape index (κ1) is 22.2. The minimum absolute atomic E-state index is 0.807. The molecule has 0 atom stereocenters. The van der Waals surface area contributed by atoms with Crippen molar-refractivity contribution in [3.8, 4) is 11.5 Å². The van der Waals surface area contributed by atoms with Crippen LogP contribution in [-0.4, -0.2) is 32.2 Å². The van der Waals surface area contributed by atoms with Crippen molar-refractivity contribution in [1.82, 2.24) is 4.90 Å². The summed E-state index contributed by atoms with van der Waals surface area (Å²) in [7, 11) is 3.44. The van der Waals surface area contributed by atoms with Crippen molar-refractivity contribution in [2.45, 2.75) is 38.9 Å². The second-order valence-corrected chi connectivity index (χ2v) is 8.57. The number of methoxy groups -OCH3 is 2. The van der Waals surface area contributed by atoms with Crippen molar-refractivity contribution < 1.29 is 9.47 Å². The lowest BCUT2D eigenvalue weighted by Gasteiger charge is -2.28. The molecule has 0 aliphatic carbocycles. The maximum absolute atomic E-state index is 5.45. The largest absolute Gasteiger partial charge is 0.497 e. The number of hydrogen-bond acceptors (Lipinski definition) is 4. The van der Waals surface area contributed by atoms with Crippen LogP contribution >= 0.6 is 0 Å². The van der Waals surface area contributed by atoms with Gasteiger partial charge < -0.3 is 14.4 Å². The van der Waals surface area contributed by atoms with Gasteiger partial charge in [0.2, 0.25) is 0 Å². The van der Waals surface area contributed by atoms with Crippen LogP contribution in [-0.2, 0) is 19.6 Å². The second-order valence-electron chi connectivity index (χ2n) is 8.57. The molecule has 4 heteroatoms. The maximum Gasteiger partial charge on any atom is 0.119 e. The monoisotopic (exact) mass is 430 g/mol. The summed E-state index contributed by atoms with van der Waals surface area (Å²) < 4.78 is 10.9. The van der Waals surface area contributed by atoms with Crippen LogP contribution in [0.2, 0.25) is 0 Å². The van der Waals surface area contributed by atoms with Crippen LogP contribution in [0.25, 0.3) is 0 Å². The van der Waals surface area contributed by atoms with Crippen molar-refractivity contribution >= 4 is 5.69 Å². The Hall–Kier alpha value is -2.98. The summed E-state index contributed by atoms with van der Waals surface area (Å²) in [5, 5.41) is 0. The van der Waals surface area contributed by atoms with Crippen molar-refractivity contribution in [3.05, 3.63) is 89.5 Å². The number of anilines is 1. The standard InChI is InChI=1S/C28H34N2O2/c1-31-27-13-7-10-24(18-27)21-30(22-25-11-8-14-28(19-25)32-2)26-12-6-9-23(17-26)20-29-15-4-3-5-16-29/h6-14,17-19H,3-5,15-16,20-22H2,1-2H3. The second kappa shape index (κ2) is 11.1. The van der Waals surface area contributed by atoms with Gasteiger partial charge in [-0.3, -0.25) is 4.90 Å². The molecule has 3 aromatic rings. The predicted molar refractivity (Wildman–Crippen MR) is 131 cm³/mol. The lowest BCUT2D eigenvalue weighted by molar-refractivity contribution is 0.221. The van der Waals surface area contributed by atoms with Crippen LogP contribution in [0.4, 0.5) is 5.69 Å². The molecule has 4 rings (SSSR count). The predicted octanol–water partition coefficient (Wildman–Crippen LogP) is 5.90. The van der Waals surface area contributed by atoms with Crippen molar-refractivity contribution in [1.29, 1.82) is 0 Å². The summed E-state index contributed by atoms with van der Waals surface area (Å²) >= 11 is 0. The highest BCUT2D eigenvalue weighted by atomic mass is 16.5. The average molecular weight is 431 g/mol. The normalized spacial score (nSPS) is 14.2. The fourth-order valence-corrected chi connectivity index (χ4v) is 4.45. The Morgan fingerprint density at radius 2 is 1.25 bits per heavy atom. The van der Waals surface area contributed by atoms with Gasteiger partial charge in [-0.15, -0.1) is 0 Å². The number of piperidine rings is 1. The zero-order chi connectivity index (χ0) is 22.2. The number of nitrogens with zero attached hydrogens (tertiary/aromatic N) is 2. The Balaban J connectivity index is 1.59. The van der Waals surface area contributed by atoms with E-state index in [0.717, 1.165) is 31.1 Å². The molecule has 0 saturated carbocycles. The molecule has 3 aromatic carbocycles. The molecule has 1 fully saturated rings. The summed E-state index contributed by atoms with van der Waals surface area (Å²) in [5.74, 6) is 1.78. The van der Waals surface area contributed by atoms with Crippen LogP contribution in [0.5, 0.6) is 11.5 Å². The van der Waals surface area contributed by atoms with E-state index in [1.165, 1.54) is 54.7 Å². The van der Waals surface area contributed by atoms with Crippen molar-refractivity contribution in [2.24, 2.45) is 0 Å². The van der Waals surface area contributed by atoms with Crippen molar-refractivity contribution in [3.63, 3.8) is 0 Å². The molecule has 1 heterocycles. The third-order valence-corrected chi connectivity index (χ3v) is 6.15. The van der Waals surface area contributed by atoms with Crippen LogP contribution in [0, 0.1) is 0 Å². The van der Waals surface area contributed by atoms with Crippen molar-refractivity contribution in [2.75, 3.05) is 32.2 Å². The molecular formula is C28H34N2O2. The summed E-state index contributed by atoms with van der Waals surface area (Å²) in [4.78, 5) is 5.01. The summed E-state index contributed by atoms with van der Waals surface area (Å²) in [6.07, 6.45) is 4.00. The van der Waals surface area contributed by atoms with E-state index in [4.69, 9.17) is 9.47 Å². The molecule has 32 heavy (non-hydrogen) atoms. The van der Waals surface area contributed by atoms with E-state index >= 15 is 0 Å². The summed E-state index contributed by atoms with van der Waals surface area (Å²) in [6.45, 7) is 5.06. The molecule has 0 radical (unpaired) electrons. The molecule has 1 saturated heterocycles. The fraction of sp³-hybridized carbons (Fsp3) is 0.357. The molecule has 0 amide bonds. The molecule has 0 unspecified atom stereocenters. The lowest BCUT2D eigenvalue weighted by atomic mass is 10.1. The summed E-state index contributed by atoms with van der Waals surface area (Å²) in [5.41, 5.74) is 5.08. The van der Waals surface area contributed by atoms with E-state index in [2.05, 4.69) is 70.5 Å². The molecule has 0 spiro atoms. The molecule has 4 nitrogen and oxygen atoms in total. The average Bonchev–Trinajstić information content (AvgIpc) is 2.85. The Morgan fingerprint density at radius 1 is 0.688 bits per heavy atom. The fourth-order valence-electron chi connectivity index (χ4n) is 4.45. The number of rotatable bonds is 9. The van der Waals surface area contributed by atoms with E-state index in [9.17, 15) is 0 Å². The Bertz CT molecular complexity index is 948. The quantitative estimate of drug-likeness (QED) is 0.422. The zero-order valence-electron chi connectivity index (χ0n) is 19.3. The van der Waals surface area contributed by atoms with Crippen LogP contribution < -0.4 is 14.4 Å². The number of hydrogen-bond donors (Lipinski definition) is 0. The molecule has 0 aromatic heterocycles. The van der Waals surface area contributed by atoms with E-state index in [0.29, 0.717) is 0 Å². The van der Waals surface area contributed by atoms with E-state index < -0.39 is 0 Å². The molecular weight excluding hydrogens is 396 g/mol. The van der Waals surface area contributed by atoms with Gasteiger partial charge in [-0.2, -0.15) is 0 Å². The highest BCUT2D eigenvalue weighted by Crippen LogP contribution is 2.25. The SMILES string of the molecule is COc1cccc(CN(Cc2cccc(OC)c2)c2cccc(CN3CCCCC3)c2)c1. The molecule has 1 aliphatic rings. The Kier molecular flexibility index (Phi) is 7.68. The zero-order valence-corrected chi connectivity index (χ0v) is 19.3. The number of benzene rings is 3. The van der Waals surface area contributed by atoms with Gasteiger partial charge in [-0.05, 0) is 79.0 Å². The van der Waals surface area contributed by atoms with Gasteiger partial charge in [-0.25, -0.2) is 0 Å². The van der Waals surface area contributed by atoms with Crippen LogP contribution in [0.3, 0.4) is 0 Å². The van der Waals surface area contributed by atoms with Gasteiger partial charge in [0.1, 0.15) is 11.5 Å². The van der Waals surface area contributed by atoms with Gasteiger partial charge in [-0.1, -0.05) is 42.8 Å². The first-order valence-electron chi connectivity index (χ1n) is 11.6. The van der Waals surface area contributed by atoms with Crippen LogP contribution in [0.1, 0.15) is 36.0 Å². The molecule has 0 N–H and O–H groups in total. The lowest BCUT2D eigenvalue weighted by Crippen LogP contribution is -2.29. The Morgan fingerprint density at radius 3 is 1.84 bits per heavy atom. The van der Waals surface area contributed by atoms with Gasteiger partial charge in [0.25, 0.3) is 0 Å². The first-order chi connectivity index (χ1) is 15.7. The maximum atomic E-state index is 5.45. The van der Waals surface area contributed by atoms with Gasteiger partial charge in [0, 0.05) is 25.3 Å². The van der Waals surface area contributed by atoms with Gasteiger partial charge in [0.15, 0.2) is 0 Å². The minimum Gasteiger partial charge on any atom is -0.497 e. The van der Waals surface area contributed by atoms with E-state index in [-0.39, 0.29) is 0 Å². The third-order valence-electron chi connectivity index (χ3n) is 6.15. The molecule has 0 bridgehead atoms. The van der Waals surface area contributed by atoms with E-state index in [1.54, 1.807) is 14.2 Å². The summed E-state index contributed by atoms with van der Waals surface area (Å²) in [6, 6.07) is 25.7. The Labute approximate surface area is 192 Å². The number of likely N-dealkylation sites (tertiary alicyclic amines) is 1. The topological polar surface area (TPSA) is 24.9 Å². The first-order valence-corrected chi connectivity index (χ1v) is 11.6. The van der Waals surface area contributed by atoms with Gasteiger partial charge in [0.05, 0.1) is 14.2 Å². The molecule has 1 aliphatic heterocycles.